The Morgan fingerprint density at radius 2 is 2.17 bits per heavy atom. The molecule has 4 nitrogen and oxygen atoms in total. The Morgan fingerprint density at radius 3 is 2.50 bits per heavy atom. The minimum absolute atomic E-state index is 0.262. The van der Waals surface area contributed by atoms with E-state index in [1.807, 2.05) is 0 Å². The fourth-order valence-corrected chi connectivity index (χ4v) is 0.710. The van der Waals surface area contributed by atoms with Crippen LogP contribution in [0.5, 0.6) is 0 Å². The summed E-state index contributed by atoms with van der Waals surface area (Å²) in [6.45, 7) is 1.94. The molecular weight excluding hydrogens is 362 g/mol. The number of halogens is 3. The Labute approximate surface area is 95.4 Å². The highest BCUT2D eigenvalue weighted by Crippen LogP contribution is 2.35. The van der Waals surface area contributed by atoms with Gasteiger partial charge in [-0.15, -0.1) is 0 Å². The van der Waals surface area contributed by atoms with Crippen molar-refractivity contribution >= 4 is 53.9 Å². The number of hydrogen-bond donors (Lipinski definition) is 2. The molecule has 0 aromatic carbocycles. The van der Waals surface area contributed by atoms with Crippen LogP contribution in [0.25, 0.3) is 0 Å². The third kappa shape index (κ3) is 5.34. The maximum Gasteiger partial charge on any atom is 0.409 e. The fourth-order valence-electron chi connectivity index (χ4n) is 0.366. The van der Waals surface area contributed by atoms with E-state index in [1.54, 1.807) is 6.92 Å². The summed E-state index contributed by atoms with van der Waals surface area (Å²) >= 11 is 9.11. The van der Waals surface area contributed by atoms with Gasteiger partial charge in [0, 0.05) is 0 Å². The van der Waals surface area contributed by atoms with Gasteiger partial charge < -0.3 is 9.84 Å². The van der Waals surface area contributed by atoms with Gasteiger partial charge in [0.15, 0.2) is 8.37 Å². The molecule has 0 aromatic rings. The van der Waals surface area contributed by atoms with E-state index in [0.29, 0.717) is 0 Å². The molecule has 1 atom stereocenters. The van der Waals surface area contributed by atoms with Crippen LogP contribution in [0, 0.1) is 0 Å². The molecule has 0 aliphatic carbocycles. The van der Waals surface area contributed by atoms with E-state index in [-0.39, 0.29) is 6.61 Å². The topological polar surface area (TPSA) is 58.6 Å². The van der Waals surface area contributed by atoms with Crippen molar-refractivity contribution in [3.63, 3.8) is 0 Å². The normalized spacial score (nSPS) is 13.8. The minimum Gasteiger partial charge on any atom is -0.450 e. The van der Waals surface area contributed by atoms with Crippen molar-refractivity contribution in [3.05, 3.63) is 0 Å². The van der Waals surface area contributed by atoms with Crippen LogP contribution in [0.2, 0.25) is 0 Å². The van der Waals surface area contributed by atoms with Gasteiger partial charge in [-0.1, -0.05) is 47.8 Å². The summed E-state index contributed by atoms with van der Waals surface area (Å²) in [6.07, 6.45) is -1.80. The number of carbonyl (C=O) groups excluding carboxylic acids is 1. The molecule has 0 rings (SSSR count). The molecule has 0 aliphatic heterocycles. The van der Waals surface area contributed by atoms with E-state index < -0.39 is 14.5 Å². The quantitative estimate of drug-likeness (QED) is 0.577. The molecule has 0 bridgehead atoms. The van der Waals surface area contributed by atoms with Crippen molar-refractivity contribution in [1.82, 2.24) is 5.32 Å². The number of amides is 1. The Hall–Kier alpha value is 0.670. The zero-order valence-electron chi connectivity index (χ0n) is 6.18. The largest absolute Gasteiger partial charge is 0.450 e. The summed E-state index contributed by atoms with van der Waals surface area (Å²) in [6, 6.07) is 0. The lowest BCUT2D eigenvalue weighted by Crippen LogP contribution is -2.42. The lowest BCUT2D eigenvalue weighted by Gasteiger charge is -2.20. The smallest absolute Gasteiger partial charge is 0.409 e. The van der Waals surface area contributed by atoms with Crippen molar-refractivity contribution in [3.8, 4) is 0 Å². The van der Waals surface area contributed by atoms with E-state index >= 15 is 0 Å². The molecule has 0 aromatic heterocycles. The Balaban J connectivity index is 3.84. The highest BCUT2D eigenvalue weighted by molar-refractivity contribution is 9.39. The first-order valence-corrected chi connectivity index (χ1v) is 5.44. The Morgan fingerprint density at radius 1 is 1.67 bits per heavy atom. The molecule has 0 heterocycles. The molecule has 0 unspecified atom stereocenters. The number of rotatable bonds is 2. The van der Waals surface area contributed by atoms with E-state index in [0.717, 1.165) is 0 Å². The van der Waals surface area contributed by atoms with Gasteiger partial charge >= 0.3 is 6.09 Å². The lowest BCUT2D eigenvalue weighted by atomic mass is 10.6. The number of aliphatic hydroxyl groups excluding tert-OH is 1. The van der Waals surface area contributed by atoms with Gasteiger partial charge in [-0.05, 0) is 6.92 Å². The van der Waals surface area contributed by atoms with Crippen molar-refractivity contribution in [2.24, 2.45) is 0 Å². The molecule has 0 fully saturated rings. The molecule has 0 saturated heterocycles. The summed E-state index contributed by atoms with van der Waals surface area (Å²) in [5, 5.41) is 11.4. The maximum absolute atomic E-state index is 10.7. The molecule has 7 heteroatoms. The first-order valence-electron chi connectivity index (χ1n) is 3.06. The second kappa shape index (κ2) is 5.41. The van der Waals surface area contributed by atoms with Gasteiger partial charge in [0.1, 0.15) is 0 Å². The van der Waals surface area contributed by atoms with Gasteiger partial charge in [-0.25, -0.2) is 4.79 Å². The van der Waals surface area contributed by atoms with Crippen LogP contribution in [-0.2, 0) is 4.74 Å². The molecule has 12 heavy (non-hydrogen) atoms. The second-order valence-electron chi connectivity index (χ2n) is 1.81. The number of nitrogens with one attached hydrogen (secondary N) is 1. The van der Waals surface area contributed by atoms with Crippen LogP contribution in [-0.4, -0.2) is 26.2 Å². The van der Waals surface area contributed by atoms with Crippen LogP contribution in [0.3, 0.4) is 0 Å². The predicted octanol–water partition coefficient (Wildman–Crippen LogP) is 1.89. The van der Waals surface area contributed by atoms with Crippen LogP contribution in [0.15, 0.2) is 0 Å². The number of aliphatic hydroxyl groups is 1. The van der Waals surface area contributed by atoms with Crippen LogP contribution in [0.1, 0.15) is 6.92 Å². The number of alkyl carbamates (subject to hydrolysis) is 1. The average molecular weight is 370 g/mol. The minimum atomic E-state index is -1.13. The average Bonchev–Trinajstić information content (AvgIpc) is 1.85. The molecule has 0 aliphatic rings. The fraction of sp³-hybridized carbons (Fsp3) is 0.800. The molecule has 0 spiro atoms. The van der Waals surface area contributed by atoms with Crippen LogP contribution >= 0.6 is 47.8 Å². The van der Waals surface area contributed by atoms with E-state index in [4.69, 9.17) is 0 Å². The molecule has 2 N–H and O–H groups in total. The SMILES string of the molecule is CCOC(=O)N[C@@H](O)C(Br)(Br)Br. The van der Waals surface area contributed by atoms with Gasteiger partial charge in [0.05, 0.1) is 6.61 Å². The third-order valence-corrected chi connectivity index (χ3v) is 2.14. The summed E-state index contributed by atoms with van der Waals surface area (Å²) in [5.41, 5.74) is 0. The monoisotopic (exact) mass is 367 g/mol. The lowest BCUT2D eigenvalue weighted by molar-refractivity contribution is 0.108. The molecule has 1 amide bonds. The number of carbonyl (C=O) groups is 1. The maximum atomic E-state index is 10.7. The van der Waals surface area contributed by atoms with Crippen molar-refractivity contribution in [2.75, 3.05) is 6.61 Å². The molecule has 0 radical (unpaired) electrons. The van der Waals surface area contributed by atoms with E-state index in [9.17, 15) is 9.90 Å². The number of ether oxygens (including phenoxy) is 1. The van der Waals surface area contributed by atoms with Gasteiger partial charge in [0.2, 0.25) is 0 Å². The second-order valence-corrected chi connectivity index (χ2v) is 8.75. The van der Waals surface area contributed by atoms with Crippen LogP contribution < -0.4 is 5.32 Å². The van der Waals surface area contributed by atoms with Gasteiger partial charge in [0.25, 0.3) is 0 Å². The number of alkyl halides is 3. The number of hydrogen-bond acceptors (Lipinski definition) is 3. The molecule has 72 valence electrons. The van der Waals surface area contributed by atoms with Crippen molar-refractivity contribution < 1.29 is 14.6 Å². The molecule has 0 saturated carbocycles. The van der Waals surface area contributed by atoms with Gasteiger partial charge in [-0.2, -0.15) is 0 Å². The van der Waals surface area contributed by atoms with Crippen molar-refractivity contribution in [2.45, 2.75) is 15.3 Å². The van der Waals surface area contributed by atoms with Crippen LogP contribution in [0.4, 0.5) is 4.79 Å². The summed E-state index contributed by atoms with van der Waals surface area (Å²) in [4.78, 5) is 10.7. The standard InChI is InChI=1S/C5H8Br3NO3/c1-2-12-4(11)9-3(10)5(6,7)8/h3,10H,2H2,1H3,(H,9,11)/t3-/m0/s1. The Bertz CT molecular complexity index is 159. The molecular formula is C5H8Br3NO3. The Kier molecular flexibility index (Phi) is 5.71. The highest BCUT2D eigenvalue weighted by atomic mass is 80.0. The first kappa shape index (κ1) is 12.7. The predicted molar refractivity (Wildman–Crippen MR) is 55.7 cm³/mol. The van der Waals surface area contributed by atoms with Crippen molar-refractivity contribution in [1.29, 1.82) is 0 Å². The zero-order chi connectivity index (χ0) is 9.78. The van der Waals surface area contributed by atoms with E-state index in [1.165, 1.54) is 0 Å². The van der Waals surface area contributed by atoms with E-state index in [2.05, 4.69) is 57.8 Å². The van der Waals surface area contributed by atoms with Gasteiger partial charge in [-0.3, -0.25) is 5.32 Å². The summed E-state index contributed by atoms with van der Waals surface area (Å²) < 4.78 is 3.60. The highest BCUT2D eigenvalue weighted by Gasteiger charge is 2.30. The zero-order valence-corrected chi connectivity index (χ0v) is 10.9. The summed E-state index contributed by atoms with van der Waals surface area (Å²) in [5.74, 6) is 0. The first-order chi connectivity index (χ1) is 5.38. The third-order valence-electron chi connectivity index (χ3n) is 0.840. The summed E-state index contributed by atoms with van der Waals surface area (Å²) in [7, 11) is 0.